The first-order valence-corrected chi connectivity index (χ1v) is 8.27. The molecule has 0 aliphatic carbocycles. The molecule has 0 spiro atoms. The van der Waals surface area contributed by atoms with E-state index in [4.69, 9.17) is 0 Å². The third kappa shape index (κ3) is 4.23. The third-order valence-electron chi connectivity index (χ3n) is 4.27. The molecule has 2 nitrogen and oxygen atoms in total. The SMILES string of the molecule is C[C@@H](NC(=O)Cc1cccc(C(F)(F)F)c1)c1ccc2ccccc2c1. The van der Waals surface area contributed by atoms with Crippen LogP contribution in [0.3, 0.4) is 0 Å². The van der Waals surface area contributed by atoms with Gasteiger partial charge in [-0.1, -0.05) is 54.6 Å². The summed E-state index contributed by atoms with van der Waals surface area (Å²) in [6.07, 6.45) is -4.51. The minimum absolute atomic E-state index is 0.0954. The van der Waals surface area contributed by atoms with Gasteiger partial charge in [0.15, 0.2) is 0 Å². The van der Waals surface area contributed by atoms with Gasteiger partial charge in [0.25, 0.3) is 0 Å². The summed E-state index contributed by atoms with van der Waals surface area (Å²) in [7, 11) is 0. The number of halogens is 3. The van der Waals surface area contributed by atoms with Gasteiger partial charge in [0.1, 0.15) is 0 Å². The molecule has 1 N–H and O–H groups in total. The maximum Gasteiger partial charge on any atom is 0.416 e. The van der Waals surface area contributed by atoms with E-state index in [1.165, 1.54) is 12.1 Å². The van der Waals surface area contributed by atoms with Crippen molar-refractivity contribution in [1.29, 1.82) is 0 Å². The van der Waals surface area contributed by atoms with Crippen molar-refractivity contribution in [3.05, 3.63) is 83.4 Å². The van der Waals surface area contributed by atoms with E-state index in [9.17, 15) is 18.0 Å². The second kappa shape index (κ2) is 7.20. The summed E-state index contributed by atoms with van der Waals surface area (Å²) in [6, 6.07) is 18.5. The molecule has 0 aromatic heterocycles. The van der Waals surface area contributed by atoms with Crippen LogP contribution in [-0.4, -0.2) is 5.91 Å². The fourth-order valence-corrected chi connectivity index (χ4v) is 2.90. The molecule has 0 aliphatic heterocycles. The van der Waals surface area contributed by atoms with Crippen molar-refractivity contribution >= 4 is 16.7 Å². The minimum Gasteiger partial charge on any atom is -0.349 e. The van der Waals surface area contributed by atoms with Crippen molar-refractivity contribution in [2.45, 2.75) is 25.6 Å². The summed E-state index contributed by atoms with van der Waals surface area (Å²) in [5.41, 5.74) is 0.537. The van der Waals surface area contributed by atoms with E-state index < -0.39 is 11.7 Å². The molecule has 3 aromatic rings. The molecule has 0 aliphatic rings. The van der Waals surface area contributed by atoms with Gasteiger partial charge in [-0.05, 0) is 41.0 Å². The summed E-state index contributed by atoms with van der Waals surface area (Å²) in [4.78, 5) is 12.2. The smallest absolute Gasteiger partial charge is 0.349 e. The van der Waals surface area contributed by atoms with Crippen molar-refractivity contribution in [2.24, 2.45) is 0 Å². The Balaban J connectivity index is 1.69. The first kappa shape index (κ1) is 18.0. The summed E-state index contributed by atoms with van der Waals surface area (Å²) in [5.74, 6) is -0.315. The highest BCUT2D eigenvalue weighted by molar-refractivity contribution is 5.83. The molecule has 0 fully saturated rings. The molecule has 0 heterocycles. The quantitative estimate of drug-likeness (QED) is 0.676. The van der Waals surface area contributed by atoms with Crippen molar-refractivity contribution in [3.63, 3.8) is 0 Å². The van der Waals surface area contributed by atoms with E-state index in [0.717, 1.165) is 28.5 Å². The molecule has 0 unspecified atom stereocenters. The van der Waals surface area contributed by atoms with Crippen LogP contribution in [0, 0.1) is 0 Å². The number of carbonyl (C=O) groups excluding carboxylic acids is 1. The van der Waals surface area contributed by atoms with E-state index in [1.54, 1.807) is 0 Å². The van der Waals surface area contributed by atoms with Gasteiger partial charge >= 0.3 is 6.18 Å². The van der Waals surface area contributed by atoms with Gasteiger partial charge in [-0.15, -0.1) is 0 Å². The zero-order valence-electron chi connectivity index (χ0n) is 14.2. The number of hydrogen-bond acceptors (Lipinski definition) is 1. The lowest BCUT2D eigenvalue weighted by atomic mass is 10.0. The van der Waals surface area contributed by atoms with Gasteiger partial charge in [-0.25, -0.2) is 0 Å². The van der Waals surface area contributed by atoms with E-state index >= 15 is 0 Å². The van der Waals surface area contributed by atoms with Crippen LogP contribution in [0.5, 0.6) is 0 Å². The first-order chi connectivity index (χ1) is 12.3. The van der Waals surface area contributed by atoms with E-state index in [1.807, 2.05) is 49.4 Å². The molecule has 0 saturated heterocycles. The second-order valence-electron chi connectivity index (χ2n) is 6.27. The highest BCUT2D eigenvalue weighted by Gasteiger charge is 2.30. The second-order valence-corrected chi connectivity index (χ2v) is 6.27. The first-order valence-electron chi connectivity index (χ1n) is 8.27. The number of amides is 1. The molecule has 0 bridgehead atoms. The summed E-state index contributed by atoms with van der Waals surface area (Å²) in [5, 5.41) is 5.03. The standard InChI is InChI=1S/C21H18F3NO/c1-14(17-10-9-16-6-2-3-7-18(16)13-17)25-20(26)12-15-5-4-8-19(11-15)21(22,23)24/h2-11,13-14H,12H2,1H3,(H,25,26)/t14-/m1/s1. The number of fused-ring (bicyclic) bond motifs is 1. The third-order valence-corrected chi connectivity index (χ3v) is 4.27. The number of nitrogens with one attached hydrogen (secondary N) is 1. The molecule has 3 aromatic carbocycles. The van der Waals surface area contributed by atoms with Gasteiger partial charge < -0.3 is 5.32 Å². The van der Waals surface area contributed by atoms with E-state index in [0.29, 0.717) is 5.56 Å². The Hall–Kier alpha value is -2.82. The largest absolute Gasteiger partial charge is 0.416 e. The van der Waals surface area contributed by atoms with Crippen molar-refractivity contribution < 1.29 is 18.0 Å². The molecular formula is C21H18F3NO. The Morgan fingerprint density at radius 3 is 2.42 bits per heavy atom. The minimum atomic E-state index is -4.41. The molecule has 26 heavy (non-hydrogen) atoms. The Labute approximate surface area is 149 Å². The monoisotopic (exact) mass is 357 g/mol. The van der Waals surface area contributed by atoms with Crippen LogP contribution in [0.2, 0.25) is 0 Å². The fraction of sp³-hybridized carbons (Fsp3) is 0.190. The van der Waals surface area contributed by atoms with Gasteiger partial charge in [0.2, 0.25) is 5.91 Å². The van der Waals surface area contributed by atoms with Crippen LogP contribution < -0.4 is 5.32 Å². The molecule has 5 heteroatoms. The zero-order chi connectivity index (χ0) is 18.7. The Morgan fingerprint density at radius 2 is 1.69 bits per heavy atom. The average molecular weight is 357 g/mol. The topological polar surface area (TPSA) is 29.1 Å². The predicted molar refractivity (Wildman–Crippen MR) is 95.7 cm³/mol. The number of benzene rings is 3. The molecule has 0 radical (unpaired) electrons. The molecule has 3 rings (SSSR count). The van der Waals surface area contributed by atoms with Crippen molar-refractivity contribution in [3.8, 4) is 0 Å². The lowest BCUT2D eigenvalue weighted by Crippen LogP contribution is -2.28. The predicted octanol–water partition coefficient (Wildman–Crippen LogP) is 5.28. The molecule has 134 valence electrons. The molecular weight excluding hydrogens is 339 g/mol. The van der Waals surface area contributed by atoms with Crippen molar-refractivity contribution in [1.82, 2.24) is 5.32 Å². The summed E-state index contributed by atoms with van der Waals surface area (Å²) in [6.45, 7) is 1.86. The number of carbonyl (C=O) groups is 1. The van der Waals surface area contributed by atoms with E-state index in [-0.39, 0.29) is 18.4 Å². The number of hydrogen-bond donors (Lipinski definition) is 1. The van der Waals surface area contributed by atoms with Gasteiger partial charge in [0, 0.05) is 0 Å². The highest BCUT2D eigenvalue weighted by Crippen LogP contribution is 2.29. The maximum atomic E-state index is 12.8. The van der Waals surface area contributed by atoms with Crippen molar-refractivity contribution in [2.75, 3.05) is 0 Å². The lowest BCUT2D eigenvalue weighted by Gasteiger charge is -2.15. The maximum absolute atomic E-state index is 12.8. The lowest BCUT2D eigenvalue weighted by molar-refractivity contribution is -0.137. The van der Waals surface area contributed by atoms with Gasteiger partial charge in [-0.2, -0.15) is 13.2 Å². The fourth-order valence-electron chi connectivity index (χ4n) is 2.90. The van der Waals surface area contributed by atoms with E-state index in [2.05, 4.69) is 5.32 Å². The van der Waals surface area contributed by atoms with Gasteiger partial charge in [0.05, 0.1) is 18.0 Å². The van der Waals surface area contributed by atoms with Crippen LogP contribution >= 0.6 is 0 Å². The van der Waals surface area contributed by atoms with Crippen LogP contribution in [-0.2, 0) is 17.4 Å². The number of alkyl halides is 3. The van der Waals surface area contributed by atoms with Crippen LogP contribution in [0.1, 0.15) is 29.7 Å². The summed E-state index contributed by atoms with van der Waals surface area (Å²) >= 11 is 0. The zero-order valence-corrected chi connectivity index (χ0v) is 14.2. The molecule has 1 atom stereocenters. The Morgan fingerprint density at radius 1 is 0.962 bits per heavy atom. The number of rotatable bonds is 4. The molecule has 0 saturated carbocycles. The average Bonchev–Trinajstić information content (AvgIpc) is 2.60. The van der Waals surface area contributed by atoms with Crippen LogP contribution in [0.25, 0.3) is 10.8 Å². The van der Waals surface area contributed by atoms with Crippen LogP contribution in [0.4, 0.5) is 13.2 Å². The normalized spacial score (nSPS) is 12.8. The highest BCUT2D eigenvalue weighted by atomic mass is 19.4. The Bertz CT molecular complexity index is 934. The Kier molecular flexibility index (Phi) is 4.98. The summed E-state index contributed by atoms with van der Waals surface area (Å²) < 4.78 is 38.3. The van der Waals surface area contributed by atoms with Gasteiger partial charge in [-0.3, -0.25) is 4.79 Å². The molecule has 1 amide bonds. The van der Waals surface area contributed by atoms with Crippen LogP contribution in [0.15, 0.2) is 66.7 Å².